The molecule has 1 amide bonds. The van der Waals surface area contributed by atoms with Crippen molar-refractivity contribution in [2.24, 2.45) is 0 Å². The fourth-order valence-corrected chi connectivity index (χ4v) is 2.42. The lowest BCUT2D eigenvalue weighted by atomic mass is 9.84. The molecule has 118 valence electrons. The lowest BCUT2D eigenvalue weighted by Crippen LogP contribution is -2.49. The van der Waals surface area contributed by atoms with E-state index in [0.29, 0.717) is 24.6 Å². The van der Waals surface area contributed by atoms with Gasteiger partial charge in [0.05, 0.1) is 23.3 Å². The molecule has 3 heterocycles. The number of carbonyl (C=O) groups is 1. The topological polar surface area (TPSA) is 76.6 Å². The van der Waals surface area contributed by atoms with Gasteiger partial charge in [0.25, 0.3) is 0 Å². The Labute approximate surface area is 130 Å². The van der Waals surface area contributed by atoms with Gasteiger partial charge in [0.2, 0.25) is 11.9 Å². The average Bonchev–Trinajstić information content (AvgIpc) is 2.68. The predicted octanol–water partition coefficient (Wildman–Crippen LogP) is -0.288. The number of aromatic nitrogens is 2. The van der Waals surface area contributed by atoms with Crippen LogP contribution in [0.5, 0.6) is 0 Å². The molecule has 0 unspecified atom stereocenters. The molecule has 3 rings (SSSR count). The largest absolute Gasteiger partial charge is 0.514 e. The van der Waals surface area contributed by atoms with Crippen LogP contribution in [0, 0.1) is 0 Å². The predicted molar refractivity (Wildman–Crippen MR) is 83.0 cm³/mol. The van der Waals surface area contributed by atoms with E-state index in [1.165, 1.54) is 0 Å². The first-order valence-electron chi connectivity index (χ1n) is 7.49. The normalized spacial score (nSPS) is 23.5. The summed E-state index contributed by atoms with van der Waals surface area (Å²) in [5.74, 6) is 0.512. The van der Waals surface area contributed by atoms with Crippen LogP contribution in [0.15, 0.2) is 12.3 Å². The number of amides is 1. The van der Waals surface area contributed by atoms with E-state index < -0.39 is 18.3 Å². The van der Waals surface area contributed by atoms with Crippen LogP contribution in [0.3, 0.4) is 0 Å². The Morgan fingerprint density at radius 3 is 2.59 bits per heavy atom. The number of anilines is 1. The highest BCUT2D eigenvalue weighted by atomic mass is 16.7. The number of hydrogen-bond acceptors (Lipinski definition) is 6. The lowest BCUT2D eigenvalue weighted by molar-refractivity contribution is -0.120. The summed E-state index contributed by atoms with van der Waals surface area (Å²) in [4.78, 5) is 22.1. The highest BCUT2D eigenvalue weighted by Gasteiger charge is 2.52. The first-order valence-corrected chi connectivity index (χ1v) is 7.49. The highest BCUT2D eigenvalue weighted by molar-refractivity contribution is 6.61. The van der Waals surface area contributed by atoms with Gasteiger partial charge in [-0.2, -0.15) is 0 Å². The average molecular weight is 304 g/mol. The van der Waals surface area contributed by atoms with Gasteiger partial charge in [-0.25, -0.2) is 9.97 Å². The minimum atomic E-state index is -0.523. The summed E-state index contributed by atoms with van der Waals surface area (Å²) in [6, 6.07) is 1.79. The molecular weight excluding hydrogens is 283 g/mol. The zero-order valence-electron chi connectivity index (χ0n) is 13.4. The summed E-state index contributed by atoms with van der Waals surface area (Å²) in [6.07, 6.45) is 1.68. The summed E-state index contributed by atoms with van der Waals surface area (Å²) in [6.45, 7) is 9.58. The zero-order chi connectivity index (χ0) is 16.0. The van der Waals surface area contributed by atoms with Gasteiger partial charge in [0, 0.05) is 19.3 Å². The molecule has 0 atom stereocenters. The Bertz CT molecular complexity index is 577. The van der Waals surface area contributed by atoms with E-state index in [9.17, 15) is 4.79 Å². The van der Waals surface area contributed by atoms with Gasteiger partial charge >= 0.3 is 7.12 Å². The lowest BCUT2D eigenvalue weighted by Gasteiger charge is -2.32. The van der Waals surface area contributed by atoms with Crippen molar-refractivity contribution in [1.29, 1.82) is 0 Å². The fourth-order valence-electron chi connectivity index (χ4n) is 2.42. The number of rotatable bonds is 2. The second-order valence-corrected chi connectivity index (χ2v) is 6.64. The molecule has 0 saturated carbocycles. The van der Waals surface area contributed by atoms with E-state index >= 15 is 0 Å². The SMILES string of the molecule is CC1(C)OB(c2ccnc(N3CCNC(=O)C3)n2)OC1(C)C. The van der Waals surface area contributed by atoms with E-state index in [1.54, 1.807) is 12.3 Å². The Hall–Kier alpha value is -1.67. The minimum Gasteiger partial charge on any atom is -0.398 e. The third kappa shape index (κ3) is 2.68. The van der Waals surface area contributed by atoms with E-state index in [1.807, 2.05) is 32.6 Å². The maximum Gasteiger partial charge on any atom is 0.514 e. The summed E-state index contributed by atoms with van der Waals surface area (Å²) in [7, 11) is -0.523. The molecule has 7 nitrogen and oxygen atoms in total. The van der Waals surface area contributed by atoms with Crippen molar-refractivity contribution in [3.63, 3.8) is 0 Å². The van der Waals surface area contributed by atoms with Gasteiger partial charge in [0.15, 0.2) is 0 Å². The number of hydrogen-bond donors (Lipinski definition) is 1. The van der Waals surface area contributed by atoms with Crippen molar-refractivity contribution >= 4 is 24.6 Å². The van der Waals surface area contributed by atoms with E-state index in [0.717, 1.165) is 0 Å². The van der Waals surface area contributed by atoms with Gasteiger partial charge in [-0.15, -0.1) is 0 Å². The monoisotopic (exact) mass is 304 g/mol. The molecule has 2 fully saturated rings. The molecule has 2 aliphatic heterocycles. The molecule has 2 aliphatic rings. The van der Waals surface area contributed by atoms with E-state index in [-0.39, 0.29) is 12.5 Å². The first kappa shape index (κ1) is 15.2. The summed E-state index contributed by atoms with van der Waals surface area (Å²) in [5, 5.41) is 2.79. The molecule has 0 spiro atoms. The minimum absolute atomic E-state index is 0.0177. The standard InChI is InChI=1S/C14H21BN4O3/c1-13(2)14(3,4)22-15(21-13)10-5-6-17-12(18-10)19-8-7-16-11(20)9-19/h5-6H,7-9H2,1-4H3,(H,16,20). The summed E-state index contributed by atoms with van der Waals surface area (Å²) >= 11 is 0. The second-order valence-electron chi connectivity index (χ2n) is 6.64. The van der Waals surface area contributed by atoms with Crippen molar-refractivity contribution in [1.82, 2.24) is 15.3 Å². The van der Waals surface area contributed by atoms with Gasteiger partial charge in [0.1, 0.15) is 0 Å². The van der Waals surface area contributed by atoms with Gasteiger partial charge in [-0.05, 0) is 33.8 Å². The van der Waals surface area contributed by atoms with Gasteiger partial charge in [-0.3, -0.25) is 4.79 Å². The molecule has 8 heteroatoms. The van der Waals surface area contributed by atoms with Gasteiger partial charge < -0.3 is 19.5 Å². The Balaban J connectivity index is 1.82. The van der Waals surface area contributed by atoms with E-state index in [2.05, 4.69) is 15.3 Å². The van der Waals surface area contributed by atoms with E-state index in [4.69, 9.17) is 9.31 Å². The second kappa shape index (κ2) is 5.21. The van der Waals surface area contributed by atoms with Crippen molar-refractivity contribution < 1.29 is 14.1 Å². The Morgan fingerprint density at radius 1 is 1.27 bits per heavy atom. The van der Waals surface area contributed by atoms with Crippen molar-refractivity contribution in [2.75, 3.05) is 24.5 Å². The number of nitrogens with zero attached hydrogens (tertiary/aromatic N) is 3. The van der Waals surface area contributed by atoms with Gasteiger partial charge in [-0.1, -0.05) is 0 Å². The van der Waals surface area contributed by atoms with Crippen LogP contribution in [-0.4, -0.2) is 53.8 Å². The van der Waals surface area contributed by atoms with Crippen LogP contribution in [0.1, 0.15) is 27.7 Å². The van der Waals surface area contributed by atoms with Crippen molar-refractivity contribution in [3.05, 3.63) is 12.3 Å². The van der Waals surface area contributed by atoms with Crippen LogP contribution in [-0.2, 0) is 14.1 Å². The quantitative estimate of drug-likeness (QED) is 0.757. The van der Waals surface area contributed by atoms with Crippen LogP contribution in [0.25, 0.3) is 0 Å². The molecule has 1 aromatic heterocycles. The Kier molecular flexibility index (Phi) is 3.61. The molecule has 0 bridgehead atoms. The molecule has 2 saturated heterocycles. The van der Waals surface area contributed by atoms with Crippen molar-refractivity contribution in [2.45, 2.75) is 38.9 Å². The van der Waals surface area contributed by atoms with Crippen LogP contribution < -0.4 is 15.8 Å². The number of piperazine rings is 1. The van der Waals surface area contributed by atoms with Crippen LogP contribution in [0.2, 0.25) is 0 Å². The van der Waals surface area contributed by atoms with Crippen LogP contribution in [0.4, 0.5) is 5.95 Å². The third-order valence-corrected chi connectivity index (χ3v) is 4.48. The molecule has 0 aliphatic carbocycles. The molecular formula is C14H21BN4O3. The third-order valence-electron chi connectivity index (χ3n) is 4.48. The number of carbonyl (C=O) groups excluding carboxylic acids is 1. The summed E-state index contributed by atoms with van der Waals surface area (Å²) < 4.78 is 12.0. The Morgan fingerprint density at radius 2 is 1.95 bits per heavy atom. The number of nitrogens with one attached hydrogen (secondary N) is 1. The molecule has 0 radical (unpaired) electrons. The molecule has 1 aromatic rings. The zero-order valence-corrected chi connectivity index (χ0v) is 13.4. The highest BCUT2D eigenvalue weighted by Crippen LogP contribution is 2.36. The maximum atomic E-state index is 11.5. The smallest absolute Gasteiger partial charge is 0.398 e. The summed E-state index contributed by atoms with van der Waals surface area (Å²) in [5.41, 5.74) is -0.142. The molecule has 1 N–H and O–H groups in total. The molecule has 0 aromatic carbocycles. The van der Waals surface area contributed by atoms with Crippen molar-refractivity contribution in [3.8, 4) is 0 Å². The maximum absolute atomic E-state index is 11.5. The van der Waals surface area contributed by atoms with Crippen LogP contribution >= 0.6 is 0 Å². The first-order chi connectivity index (χ1) is 10.3. The fraction of sp³-hybridized carbons (Fsp3) is 0.643. The molecule has 22 heavy (non-hydrogen) atoms.